The molecule has 1 aliphatic heterocycles. The highest BCUT2D eigenvalue weighted by Gasteiger charge is 2.18. The van der Waals surface area contributed by atoms with Crippen molar-refractivity contribution < 1.29 is 13.9 Å². The van der Waals surface area contributed by atoms with Gasteiger partial charge in [-0.1, -0.05) is 25.1 Å². The van der Waals surface area contributed by atoms with Gasteiger partial charge in [-0.05, 0) is 56.1 Å². The SMILES string of the molecule is CC1CCN(Cc2ccc(C(=O)NCCOc3cccc4cccnc34)o2)CC1. The minimum Gasteiger partial charge on any atom is -0.489 e. The number of likely N-dealkylation sites (tertiary alicyclic amines) is 1. The molecule has 1 N–H and O–H groups in total. The van der Waals surface area contributed by atoms with Crippen LogP contribution in [-0.4, -0.2) is 42.0 Å². The summed E-state index contributed by atoms with van der Waals surface area (Å²) < 4.78 is 11.5. The van der Waals surface area contributed by atoms with Gasteiger partial charge in [0.1, 0.15) is 23.6 Å². The van der Waals surface area contributed by atoms with Gasteiger partial charge in [-0.15, -0.1) is 0 Å². The maximum atomic E-state index is 12.3. The van der Waals surface area contributed by atoms with Gasteiger partial charge in [0.05, 0.1) is 13.1 Å². The molecule has 6 heteroatoms. The second-order valence-corrected chi connectivity index (χ2v) is 7.66. The van der Waals surface area contributed by atoms with Crippen LogP contribution in [0.25, 0.3) is 10.9 Å². The third-order valence-corrected chi connectivity index (χ3v) is 5.38. The average molecular weight is 393 g/mol. The number of aromatic nitrogens is 1. The summed E-state index contributed by atoms with van der Waals surface area (Å²) in [6, 6.07) is 13.3. The first-order valence-corrected chi connectivity index (χ1v) is 10.2. The van der Waals surface area contributed by atoms with Gasteiger partial charge in [-0.2, -0.15) is 0 Å². The number of carbonyl (C=O) groups excluding carboxylic acids is 1. The molecule has 0 unspecified atom stereocenters. The Morgan fingerprint density at radius 3 is 2.90 bits per heavy atom. The molecule has 0 bridgehead atoms. The predicted octanol–water partition coefficient (Wildman–Crippen LogP) is 3.87. The smallest absolute Gasteiger partial charge is 0.287 e. The highest BCUT2D eigenvalue weighted by molar-refractivity contribution is 5.91. The number of nitrogens with one attached hydrogen (secondary N) is 1. The fourth-order valence-corrected chi connectivity index (χ4v) is 3.63. The van der Waals surface area contributed by atoms with Crippen molar-refractivity contribution in [3.8, 4) is 5.75 Å². The van der Waals surface area contributed by atoms with E-state index in [1.807, 2.05) is 36.4 Å². The molecule has 0 saturated carbocycles. The molecule has 1 aromatic carbocycles. The lowest BCUT2D eigenvalue weighted by Gasteiger charge is -2.29. The molecular weight excluding hydrogens is 366 g/mol. The van der Waals surface area contributed by atoms with E-state index >= 15 is 0 Å². The number of fused-ring (bicyclic) bond motifs is 1. The molecule has 2 aromatic heterocycles. The molecule has 3 heterocycles. The van der Waals surface area contributed by atoms with Gasteiger partial charge in [0, 0.05) is 11.6 Å². The lowest BCUT2D eigenvalue weighted by molar-refractivity contribution is 0.0914. The standard InChI is InChI=1S/C23H27N3O3/c1-17-9-13-26(14-10-17)16-19-7-8-21(29-19)23(27)25-12-15-28-20-6-2-4-18-5-3-11-24-22(18)20/h2-8,11,17H,9-10,12-16H2,1H3,(H,25,27). The number of piperidine rings is 1. The van der Waals surface area contributed by atoms with Crippen LogP contribution in [0.1, 0.15) is 36.1 Å². The third-order valence-electron chi connectivity index (χ3n) is 5.38. The summed E-state index contributed by atoms with van der Waals surface area (Å²) in [4.78, 5) is 19.1. The van der Waals surface area contributed by atoms with E-state index in [0.29, 0.717) is 24.7 Å². The molecule has 0 aliphatic carbocycles. The van der Waals surface area contributed by atoms with Gasteiger partial charge in [0.15, 0.2) is 5.76 Å². The maximum Gasteiger partial charge on any atom is 0.287 e. The largest absolute Gasteiger partial charge is 0.489 e. The lowest BCUT2D eigenvalue weighted by atomic mass is 9.99. The Bertz CT molecular complexity index is 955. The van der Waals surface area contributed by atoms with Crippen LogP contribution in [0.3, 0.4) is 0 Å². The molecule has 6 nitrogen and oxygen atoms in total. The van der Waals surface area contributed by atoms with Crippen molar-refractivity contribution in [2.45, 2.75) is 26.3 Å². The van der Waals surface area contributed by atoms with Crippen LogP contribution in [0, 0.1) is 5.92 Å². The Labute approximate surface area is 170 Å². The Hall–Kier alpha value is -2.86. The van der Waals surface area contributed by atoms with E-state index in [4.69, 9.17) is 9.15 Å². The molecule has 1 aliphatic rings. The van der Waals surface area contributed by atoms with Crippen molar-refractivity contribution in [3.63, 3.8) is 0 Å². The number of rotatable bonds is 7. The minimum absolute atomic E-state index is 0.219. The Balaban J connectivity index is 1.24. The van der Waals surface area contributed by atoms with Crippen LogP contribution in [0.5, 0.6) is 5.75 Å². The molecule has 29 heavy (non-hydrogen) atoms. The molecule has 3 aromatic rings. The summed E-state index contributed by atoms with van der Waals surface area (Å²) in [5.41, 5.74) is 0.823. The van der Waals surface area contributed by atoms with E-state index in [1.165, 1.54) is 12.8 Å². The zero-order valence-electron chi connectivity index (χ0n) is 16.8. The Kier molecular flexibility index (Phi) is 6.10. The number of ether oxygens (including phenoxy) is 1. The number of hydrogen-bond donors (Lipinski definition) is 1. The quantitative estimate of drug-likeness (QED) is 0.617. The molecule has 0 spiro atoms. The highest BCUT2D eigenvalue weighted by Crippen LogP contribution is 2.22. The molecular formula is C23H27N3O3. The first-order valence-electron chi connectivity index (χ1n) is 10.2. The summed E-state index contributed by atoms with van der Waals surface area (Å²) in [5.74, 6) is 2.48. The predicted molar refractivity (Wildman–Crippen MR) is 112 cm³/mol. The Morgan fingerprint density at radius 2 is 2.03 bits per heavy atom. The molecule has 1 saturated heterocycles. The summed E-state index contributed by atoms with van der Waals surface area (Å²) >= 11 is 0. The van der Waals surface area contributed by atoms with E-state index in [1.54, 1.807) is 12.3 Å². The van der Waals surface area contributed by atoms with Crippen LogP contribution in [0.2, 0.25) is 0 Å². The second-order valence-electron chi connectivity index (χ2n) is 7.66. The van der Waals surface area contributed by atoms with E-state index < -0.39 is 0 Å². The van der Waals surface area contributed by atoms with E-state index in [9.17, 15) is 4.79 Å². The number of amides is 1. The first-order chi connectivity index (χ1) is 14.2. The zero-order valence-corrected chi connectivity index (χ0v) is 16.8. The molecule has 1 amide bonds. The van der Waals surface area contributed by atoms with Crippen molar-refractivity contribution in [1.82, 2.24) is 15.2 Å². The molecule has 1 fully saturated rings. The molecule has 152 valence electrons. The van der Waals surface area contributed by atoms with Crippen molar-refractivity contribution in [3.05, 3.63) is 60.2 Å². The third kappa shape index (κ3) is 4.95. The highest BCUT2D eigenvalue weighted by atomic mass is 16.5. The average Bonchev–Trinajstić information content (AvgIpc) is 3.21. The minimum atomic E-state index is -0.219. The van der Waals surface area contributed by atoms with Gasteiger partial charge in [0.2, 0.25) is 0 Å². The normalized spacial score (nSPS) is 15.5. The zero-order chi connectivity index (χ0) is 20.1. The van der Waals surface area contributed by atoms with Gasteiger partial charge in [-0.3, -0.25) is 14.7 Å². The van der Waals surface area contributed by atoms with E-state index in [2.05, 4.69) is 22.1 Å². The van der Waals surface area contributed by atoms with Crippen LogP contribution in [-0.2, 0) is 6.54 Å². The van der Waals surface area contributed by atoms with Crippen LogP contribution in [0.4, 0.5) is 0 Å². The number of benzene rings is 1. The lowest BCUT2D eigenvalue weighted by Crippen LogP contribution is -2.32. The van der Waals surface area contributed by atoms with Crippen LogP contribution in [0.15, 0.2) is 53.1 Å². The van der Waals surface area contributed by atoms with Crippen molar-refractivity contribution >= 4 is 16.8 Å². The molecule has 4 rings (SSSR count). The van der Waals surface area contributed by atoms with Crippen molar-refractivity contribution in [2.24, 2.45) is 5.92 Å². The second kappa shape index (κ2) is 9.09. The van der Waals surface area contributed by atoms with Gasteiger partial charge in [0.25, 0.3) is 5.91 Å². The number of nitrogens with zero attached hydrogens (tertiary/aromatic N) is 2. The van der Waals surface area contributed by atoms with Crippen molar-refractivity contribution in [2.75, 3.05) is 26.2 Å². The van der Waals surface area contributed by atoms with E-state index in [-0.39, 0.29) is 5.91 Å². The number of para-hydroxylation sites is 1. The number of furan rings is 1. The van der Waals surface area contributed by atoms with Gasteiger partial charge >= 0.3 is 0 Å². The van der Waals surface area contributed by atoms with Crippen molar-refractivity contribution in [1.29, 1.82) is 0 Å². The fraction of sp³-hybridized carbons (Fsp3) is 0.391. The fourth-order valence-electron chi connectivity index (χ4n) is 3.63. The Morgan fingerprint density at radius 1 is 1.21 bits per heavy atom. The van der Waals surface area contributed by atoms with Crippen LogP contribution >= 0.6 is 0 Å². The molecule has 0 atom stereocenters. The van der Waals surface area contributed by atoms with Gasteiger partial charge in [-0.25, -0.2) is 0 Å². The maximum absolute atomic E-state index is 12.3. The number of hydrogen-bond acceptors (Lipinski definition) is 5. The first kappa shape index (κ1) is 19.5. The van der Waals surface area contributed by atoms with Gasteiger partial charge < -0.3 is 14.5 Å². The number of carbonyl (C=O) groups is 1. The number of pyridine rings is 1. The topological polar surface area (TPSA) is 67.6 Å². The summed E-state index contributed by atoms with van der Waals surface area (Å²) in [5, 5.41) is 3.88. The van der Waals surface area contributed by atoms with Crippen LogP contribution < -0.4 is 10.1 Å². The summed E-state index contributed by atoms with van der Waals surface area (Å²) in [6.45, 7) is 5.99. The summed E-state index contributed by atoms with van der Waals surface area (Å²) in [7, 11) is 0. The van der Waals surface area contributed by atoms with E-state index in [0.717, 1.165) is 42.2 Å². The monoisotopic (exact) mass is 393 g/mol. The summed E-state index contributed by atoms with van der Waals surface area (Å²) in [6.07, 6.45) is 4.19. The molecule has 0 radical (unpaired) electrons.